The molecule has 0 bridgehead atoms. The molecule has 0 aliphatic heterocycles. The standard InChI is InChI=1S/C19H18ClF3N4O/c1-2-3-8-25-17-13-10-12(5-6-15(13)26-18(24)27-17)28-16-7-4-11(9-14(16)20)19(21,22)23/h4-7,9-10H,2-3,8H2,1H3,(H3,24,25,26,27). The second-order valence-electron chi connectivity index (χ2n) is 6.13. The van der Waals surface area contributed by atoms with E-state index < -0.39 is 11.7 Å². The summed E-state index contributed by atoms with van der Waals surface area (Å²) < 4.78 is 44.0. The van der Waals surface area contributed by atoms with E-state index in [0.717, 1.165) is 31.5 Å². The molecule has 0 saturated heterocycles. The van der Waals surface area contributed by atoms with Crippen LogP contribution in [0.25, 0.3) is 10.9 Å². The second-order valence-corrected chi connectivity index (χ2v) is 6.54. The third-order valence-electron chi connectivity index (χ3n) is 3.99. The molecule has 1 heterocycles. The number of nitrogen functional groups attached to an aromatic ring is 1. The number of aromatic nitrogens is 2. The third-order valence-corrected chi connectivity index (χ3v) is 4.29. The number of alkyl halides is 3. The Hall–Kier alpha value is -2.74. The van der Waals surface area contributed by atoms with Crippen LogP contribution in [0, 0.1) is 0 Å². The molecule has 148 valence electrons. The number of fused-ring (bicyclic) bond motifs is 1. The largest absolute Gasteiger partial charge is 0.456 e. The van der Waals surface area contributed by atoms with Gasteiger partial charge in [-0.05, 0) is 42.8 Å². The van der Waals surface area contributed by atoms with Crippen LogP contribution in [0.5, 0.6) is 11.5 Å². The van der Waals surface area contributed by atoms with Gasteiger partial charge in [0.05, 0.1) is 16.1 Å². The van der Waals surface area contributed by atoms with E-state index in [1.165, 1.54) is 6.07 Å². The Morgan fingerprint density at radius 3 is 2.61 bits per heavy atom. The quantitative estimate of drug-likeness (QED) is 0.496. The van der Waals surface area contributed by atoms with E-state index in [-0.39, 0.29) is 16.7 Å². The molecule has 0 aliphatic rings. The van der Waals surface area contributed by atoms with Crippen molar-refractivity contribution >= 4 is 34.3 Å². The summed E-state index contributed by atoms with van der Waals surface area (Å²) in [5, 5.41) is 3.77. The van der Waals surface area contributed by atoms with Gasteiger partial charge in [-0.25, -0.2) is 4.98 Å². The zero-order valence-corrected chi connectivity index (χ0v) is 15.7. The molecule has 0 spiro atoms. The maximum atomic E-state index is 12.8. The first-order valence-electron chi connectivity index (χ1n) is 8.63. The van der Waals surface area contributed by atoms with Gasteiger partial charge in [0.15, 0.2) is 0 Å². The first-order valence-corrected chi connectivity index (χ1v) is 9.01. The molecule has 3 N–H and O–H groups in total. The van der Waals surface area contributed by atoms with Crippen LogP contribution in [0.2, 0.25) is 5.02 Å². The molecule has 9 heteroatoms. The fourth-order valence-electron chi connectivity index (χ4n) is 2.59. The van der Waals surface area contributed by atoms with E-state index in [1.807, 2.05) is 0 Å². The van der Waals surface area contributed by atoms with Crippen LogP contribution in [-0.4, -0.2) is 16.5 Å². The summed E-state index contributed by atoms with van der Waals surface area (Å²) in [6.07, 6.45) is -2.49. The van der Waals surface area contributed by atoms with Crippen LogP contribution < -0.4 is 15.8 Å². The zero-order chi connectivity index (χ0) is 20.3. The number of anilines is 2. The normalized spacial score (nSPS) is 11.6. The molecule has 3 aromatic rings. The predicted octanol–water partition coefficient (Wildman–Crippen LogP) is 5.89. The molecule has 3 rings (SSSR count). The smallest absolute Gasteiger partial charge is 0.416 e. The fourth-order valence-corrected chi connectivity index (χ4v) is 2.81. The van der Waals surface area contributed by atoms with Gasteiger partial charge < -0.3 is 15.8 Å². The lowest BCUT2D eigenvalue weighted by Crippen LogP contribution is -2.06. The van der Waals surface area contributed by atoms with Crippen molar-refractivity contribution in [3.63, 3.8) is 0 Å². The van der Waals surface area contributed by atoms with E-state index >= 15 is 0 Å². The van der Waals surface area contributed by atoms with Gasteiger partial charge in [0.25, 0.3) is 0 Å². The van der Waals surface area contributed by atoms with E-state index in [0.29, 0.717) is 22.5 Å². The summed E-state index contributed by atoms with van der Waals surface area (Å²) >= 11 is 5.96. The minimum absolute atomic E-state index is 0.117. The van der Waals surface area contributed by atoms with Crippen molar-refractivity contribution in [2.75, 3.05) is 17.6 Å². The van der Waals surface area contributed by atoms with Gasteiger partial charge in [-0.1, -0.05) is 24.9 Å². The van der Waals surface area contributed by atoms with Crippen molar-refractivity contribution in [2.24, 2.45) is 0 Å². The number of benzene rings is 2. The Labute approximate surface area is 164 Å². The Morgan fingerprint density at radius 1 is 1.14 bits per heavy atom. The van der Waals surface area contributed by atoms with Crippen LogP contribution in [0.4, 0.5) is 24.9 Å². The molecule has 0 radical (unpaired) electrons. The summed E-state index contributed by atoms with van der Waals surface area (Å²) in [6, 6.07) is 7.97. The Bertz CT molecular complexity index is 995. The highest BCUT2D eigenvalue weighted by atomic mass is 35.5. The molecule has 5 nitrogen and oxygen atoms in total. The van der Waals surface area contributed by atoms with Crippen molar-refractivity contribution in [2.45, 2.75) is 25.9 Å². The highest BCUT2D eigenvalue weighted by Gasteiger charge is 2.31. The lowest BCUT2D eigenvalue weighted by atomic mass is 10.2. The van der Waals surface area contributed by atoms with Crippen molar-refractivity contribution in [1.29, 1.82) is 0 Å². The van der Waals surface area contributed by atoms with Crippen molar-refractivity contribution in [3.05, 3.63) is 47.0 Å². The van der Waals surface area contributed by atoms with E-state index in [2.05, 4.69) is 22.2 Å². The molecule has 0 saturated carbocycles. The first kappa shape index (κ1) is 20.0. The molecule has 2 aromatic carbocycles. The van der Waals surface area contributed by atoms with Gasteiger partial charge in [0.1, 0.15) is 17.3 Å². The van der Waals surface area contributed by atoms with Crippen LogP contribution in [0.1, 0.15) is 25.3 Å². The average molecular weight is 411 g/mol. The van der Waals surface area contributed by atoms with Crippen molar-refractivity contribution in [1.82, 2.24) is 9.97 Å². The fraction of sp³-hybridized carbons (Fsp3) is 0.263. The second kappa shape index (κ2) is 8.10. The van der Waals surface area contributed by atoms with E-state index in [1.54, 1.807) is 18.2 Å². The van der Waals surface area contributed by atoms with E-state index in [9.17, 15) is 13.2 Å². The lowest BCUT2D eigenvalue weighted by molar-refractivity contribution is -0.137. The molecule has 1 aromatic heterocycles. The minimum Gasteiger partial charge on any atom is -0.456 e. The number of nitrogens with two attached hydrogens (primary N) is 1. The summed E-state index contributed by atoms with van der Waals surface area (Å²) in [6.45, 7) is 2.80. The number of unbranched alkanes of at least 4 members (excludes halogenated alkanes) is 1. The van der Waals surface area contributed by atoms with Crippen LogP contribution in [0.3, 0.4) is 0 Å². The topological polar surface area (TPSA) is 73.1 Å². The van der Waals surface area contributed by atoms with Gasteiger partial charge >= 0.3 is 6.18 Å². The summed E-state index contributed by atoms with van der Waals surface area (Å²) in [4.78, 5) is 8.42. The molecule has 0 unspecified atom stereocenters. The number of rotatable bonds is 6. The van der Waals surface area contributed by atoms with Crippen LogP contribution in [0.15, 0.2) is 36.4 Å². The molecule has 28 heavy (non-hydrogen) atoms. The minimum atomic E-state index is -4.47. The first-order chi connectivity index (χ1) is 13.3. The molecule has 0 aliphatic carbocycles. The molecule has 0 atom stereocenters. The van der Waals surface area contributed by atoms with Crippen LogP contribution >= 0.6 is 11.6 Å². The number of hydrogen-bond donors (Lipinski definition) is 2. The summed E-state index contributed by atoms with van der Waals surface area (Å²) in [5.74, 6) is 1.22. The molecule has 0 fully saturated rings. The third kappa shape index (κ3) is 4.56. The van der Waals surface area contributed by atoms with Crippen molar-refractivity contribution in [3.8, 4) is 11.5 Å². The van der Waals surface area contributed by atoms with Gasteiger partial charge in [-0.3, -0.25) is 0 Å². The number of hydrogen-bond acceptors (Lipinski definition) is 5. The molecule has 0 amide bonds. The van der Waals surface area contributed by atoms with Crippen LogP contribution in [-0.2, 0) is 6.18 Å². The number of nitrogens with one attached hydrogen (secondary N) is 1. The monoisotopic (exact) mass is 410 g/mol. The Balaban J connectivity index is 1.92. The van der Waals surface area contributed by atoms with Crippen molar-refractivity contribution < 1.29 is 17.9 Å². The van der Waals surface area contributed by atoms with Gasteiger partial charge in [-0.2, -0.15) is 18.2 Å². The Kier molecular flexibility index (Phi) is 5.79. The predicted molar refractivity (Wildman–Crippen MR) is 104 cm³/mol. The highest BCUT2D eigenvalue weighted by molar-refractivity contribution is 6.32. The maximum Gasteiger partial charge on any atom is 0.416 e. The Morgan fingerprint density at radius 2 is 1.93 bits per heavy atom. The lowest BCUT2D eigenvalue weighted by Gasteiger charge is -2.13. The summed E-state index contributed by atoms with van der Waals surface area (Å²) in [5.41, 5.74) is 5.54. The maximum absolute atomic E-state index is 12.8. The van der Waals surface area contributed by atoms with E-state index in [4.69, 9.17) is 22.1 Å². The van der Waals surface area contributed by atoms with Gasteiger partial charge in [0, 0.05) is 11.9 Å². The molecular weight excluding hydrogens is 393 g/mol. The zero-order valence-electron chi connectivity index (χ0n) is 15.0. The SMILES string of the molecule is CCCCNc1nc(N)nc2ccc(Oc3ccc(C(F)(F)F)cc3Cl)cc12. The van der Waals surface area contributed by atoms with Gasteiger partial charge in [0.2, 0.25) is 5.95 Å². The number of ether oxygens (including phenoxy) is 1. The highest BCUT2D eigenvalue weighted by Crippen LogP contribution is 2.37. The average Bonchev–Trinajstić information content (AvgIpc) is 2.63. The van der Waals surface area contributed by atoms with Gasteiger partial charge in [-0.15, -0.1) is 0 Å². The number of nitrogens with zero attached hydrogens (tertiary/aromatic N) is 2. The molecular formula is C19H18ClF3N4O. The number of halogens is 4. The summed E-state index contributed by atoms with van der Waals surface area (Å²) in [7, 11) is 0.